The van der Waals surface area contributed by atoms with Gasteiger partial charge in [-0.2, -0.15) is 0 Å². The Labute approximate surface area is 66.0 Å². The number of piperidine rings is 1. The topological polar surface area (TPSA) is 29.1 Å². The molecule has 1 atom stereocenters. The smallest absolute Gasteiger partial charge is 0.181 e. The fraction of sp³-hybridized carbons (Fsp3) is 0.444. The molecule has 2 rings (SSSR count). The van der Waals surface area contributed by atoms with Gasteiger partial charge < -0.3 is 5.32 Å². The summed E-state index contributed by atoms with van der Waals surface area (Å²) in [5.41, 5.74) is 2.02. The largest absolute Gasteiger partial charge is 0.313 e. The first-order valence-electron chi connectivity index (χ1n) is 3.93. The molecule has 11 heavy (non-hydrogen) atoms. The number of nitrogens with one attached hydrogen (secondary N) is 1. The van der Waals surface area contributed by atoms with Gasteiger partial charge in [-0.25, -0.2) is 0 Å². The van der Waals surface area contributed by atoms with Gasteiger partial charge in [-0.05, 0) is 30.2 Å². The average Bonchev–Trinajstić information content (AvgIpc) is 2.30. The molecule has 1 unspecified atom stereocenters. The van der Waals surface area contributed by atoms with Crippen molar-refractivity contribution < 1.29 is 4.79 Å². The van der Waals surface area contributed by atoms with Gasteiger partial charge in [-0.3, -0.25) is 4.79 Å². The first kappa shape index (κ1) is 6.80. The van der Waals surface area contributed by atoms with Gasteiger partial charge in [0, 0.05) is 12.5 Å². The summed E-state index contributed by atoms with van der Waals surface area (Å²) in [6.07, 6.45) is 2.77. The summed E-state index contributed by atoms with van der Waals surface area (Å²) in [6, 6.07) is 0. The minimum Gasteiger partial charge on any atom is -0.313 e. The van der Waals surface area contributed by atoms with Crippen molar-refractivity contribution in [3.05, 3.63) is 23.8 Å². The van der Waals surface area contributed by atoms with E-state index in [0.29, 0.717) is 5.92 Å². The zero-order chi connectivity index (χ0) is 7.84. The lowest BCUT2D eigenvalue weighted by molar-refractivity contribution is -0.111. The van der Waals surface area contributed by atoms with Crippen LogP contribution in [-0.2, 0) is 4.79 Å². The highest BCUT2D eigenvalue weighted by Gasteiger charge is 2.30. The van der Waals surface area contributed by atoms with E-state index in [1.165, 1.54) is 5.57 Å². The average molecular weight is 149 g/mol. The van der Waals surface area contributed by atoms with E-state index in [1.807, 2.05) is 0 Å². The van der Waals surface area contributed by atoms with Crippen LogP contribution in [0.25, 0.3) is 0 Å². The van der Waals surface area contributed by atoms with E-state index in [2.05, 4.69) is 11.9 Å². The number of hydrogen-bond acceptors (Lipinski definition) is 2. The van der Waals surface area contributed by atoms with Crippen LogP contribution in [0.1, 0.15) is 6.42 Å². The van der Waals surface area contributed by atoms with Crippen LogP contribution >= 0.6 is 0 Å². The predicted octanol–water partition coefficient (Wildman–Crippen LogP) is 0.661. The maximum absolute atomic E-state index is 11.1. The Hall–Kier alpha value is -0.890. The van der Waals surface area contributed by atoms with Crippen molar-refractivity contribution in [3.63, 3.8) is 0 Å². The van der Waals surface area contributed by atoms with Crippen LogP contribution in [0.2, 0.25) is 0 Å². The number of ketones is 1. The van der Waals surface area contributed by atoms with E-state index in [0.717, 1.165) is 25.1 Å². The fourth-order valence-electron chi connectivity index (χ4n) is 1.77. The molecule has 0 amide bonds. The molecule has 0 saturated carbocycles. The summed E-state index contributed by atoms with van der Waals surface area (Å²) >= 11 is 0. The highest BCUT2D eigenvalue weighted by Crippen LogP contribution is 2.31. The number of allylic oxidation sites excluding steroid dienone is 2. The summed E-state index contributed by atoms with van der Waals surface area (Å²) in [6.45, 7) is 5.67. The summed E-state index contributed by atoms with van der Waals surface area (Å²) < 4.78 is 0. The second-order valence-electron chi connectivity index (χ2n) is 3.13. The van der Waals surface area contributed by atoms with Gasteiger partial charge in [0.1, 0.15) is 0 Å². The highest BCUT2D eigenvalue weighted by molar-refractivity contribution is 6.07. The Kier molecular flexibility index (Phi) is 1.43. The number of fused-ring (bicyclic) bond motifs is 1. The monoisotopic (exact) mass is 149 g/mol. The van der Waals surface area contributed by atoms with Gasteiger partial charge in [0.2, 0.25) is 0 Å². The summed E-state index contributed by atoms with van der Waals surface area (Å²) in [7, 11) is 0. The van der Waals surface area contributed by atoms with Crippen LogP contribution in [0, 0.1) is 5.92 Å². The van der Waals surface area contributed by atoms with Crippen molar-refractivity contribution in [2.75, 3.05) is 13.1 Å². The molecule has 1 fully saturated rings. The lowest BCUT2D eigenvalue weighted by Gasteiger charge is -2.21. The minimum atomic E-state index is 0.133. The van der Waals surface area contributed by atoms with Crippen molar-refractivity contribution in [1.29, 1.82) is 0 Å². The van der Waals surface area contributed by atoms with Crippen LogP contribution in [0.3, 0.4) is 0 Å². The number of carbonyl (C=O) groups excluding carboxylic acids is 1. The standard InChI is InChI=1S/C9H11NO/c1-6-8-2-3-10-5-7(8)4-9(6)11/h4,8,10H,1-3,5H2. The predicted molar refractivity (Wildman–Crippen MR) is 43.2 cm³/mol. The van der Waals surface area contributed by atoms with Crippen molar-refractivity contribution in [2.24, 2.45) is 5.92 Å². The van der Waals surface area contributed by atoms with Gasteiger partial charge in [0.25, 0.3) is 0 Å². The molecule has 2 aliphatic rings. The minimum absolute atomic E-state index is 0.133. The molecule has 2 heteroatoms. The van der Waals surface area contributed by atoms with Crippen LogP contribution in [-0.4, -0.2) is 18.9 Å². The lowest BCUT2D eigenvalue weighted by atomic mass is 9.91. The summed E-state index contributed by atoms with van der Waals surface area (Å²) in [5.74, 6) is 0.498. The zero-order valence-corrected chi connectivity index (χ0v) is 6.39. The van der Waals surface area contributed by atoms with Crippen LogP contribution in [0.5, 0.6) is 0 Å². The van der Waals surface area contributed by atoms with E-state index in [1.54, 1.807) is 6.08 Å². The molecule has 0 radical (unpaired) electrons. The van der Waals surface area contributed by atoms with E-state index in [4.69, 9.17) is 0 Å². The van der Waals surface area contributed by atoms with Crippen molar-refractivity contribution >= 4 is 5.78 Å². The fourth-order valence-corrected chi connectivity index (χ4v) is 1.77. The molecule has 1 aliphatic heterocycles. The van der Waals surface area contributed by atoms with Gasteiger partial charge in [-0.1, -0.05) is 6.58 Å². The molecule has 0 aromatic heterocycles. The van der Waals surface area contributed by atoms with Crippen molar-refractivity contribution in [1.82, 2.24) is 5.32 Å². The number of hydrogen-bond donors (Lipinski definition) is 1. The van der Waals surface area contributed by atoms with Gasteiger partial charge in [0.05, 0.1) is 0 Å². The Balaban J connectivity index is 2.29. The Bertz CT molecular complexity index is 252. The molecule has 1 aliphatic carbocycles. The van der Waals surface area contributed by atoms with Gasteiger partial charge in [0.15, 0.2) is 5.78 Å². The molecular formula is C9H11NO. The normalized spacial score (nSPS) is 30.2. The molecule has 0 aromatic carbocycles. The molecule has 0 aromatic rings. The second-order valence-corrected chi connectivity index (χ2v) is 3.13. The molecule has 2 nitrogen and oxygen atoms in total. The zero-order valence-electron chi connectivity index (χ0n) is 6.39. The second kappa shape index (κ2) is 2.31. The van der Waals surface area contributed by atoms with E-state index in [-0.39, 0.29) is 5.78 Å². The molecule has 0 bridgehead atoms. The van der Waals surface area contributed by atoms with E-state index >= 15 is 0 Å². The van der Waals surface area contributed by atoms with E-state index < -0.39 is 0 Å². The highest BCUT2D eigenvalue weighted by atomic mass is 16.1. The molecule has 1 N–H and O–H groups in total. The number of carbonyl (C=O) groups is 1. The SMILES string of the molecule is C=C1C(=O)C=C2CNCCC12. The van der Waals surface area contributed by atoms with Crippen LogP contribution in [0.4, 0.5) is 0 Å². The summed E-state index contributed by atoms with van der Waals surface area (Å²) in [5, 5.41) is 3.24. The third kappa shape index (κ3) is 0.942. The first-order chi connectivity index (χ1) is 5.29. The maximum Gasteiger partial charge on any atom is 0.181 e. The van der Waals surface area contributed by atoms with Crippen molar-refractivity contribution in [3.8, 4) is 0 Å². The van der Waals surface area contributed by atoms with Crippen LogP contribution < -0.4 is 5.32 Å². The van der Waals surface area contributed by atoms with Gasteiger partial charge >= 0.3 is 0 Å². The Morgan fingerprint density at radius 1 is 1.64 bits per heavy atom. The third-order valence-electron chi connectivity index (χ3n) is 2.44. The van der Waals surface area contributed by atoms with Crippen molar-refractivity contribution in [2.45, 2.75) is 6.42 Å². The molecule has 58 valence electrons. The van der Waals surface area contributed by atoms with Gasteiger partial charge in [-0.15, -0.1) is 0 Å². The van der Waals surface area contributed by atoms with Crippen LogP contribution in [0.15, 0.2) is 23.8 Å². The Morgan fingerprint density at radius 3 is 3.18 bits per heavy atom. The molecular weight excluding hydrogens is 138 g/mol. The number of rotatable bonds is 0. The lowest BCUT2D eigenvalue weighted by Crippen LogP contribution is -2.29. The molecule has 1 saturated heterocycles. The molecule has 1 heterocycles. The van der Waals surface area contributed by atoms with E-state index in [9.17, 15) is 4.79 Å². The Morgan fingerprint density at radius 2 is 2.45 bits per heavy atom. The first-order valence-corrected chi connectivity index (χ1v) is 3.93. The molecule has 0 spiro atoms. The quantitative estimate of drug-likeness (QED) is 0.513. The summed E-state index contributed by atoms with van der Waals surface area (Å²) in [4.78, 5) is 11.1. The maximum atomic E-state index is 11.1. The third-order valence-corrected chi connectivity index (χ3v) is 2.44.